The van der Waals surface area contributed by atoms with Crippen molar-refractivity contribution < 1.29 is 9.90 Å². The topological polar surface area (TPSA) is 85.8 Å². The average Bonchev–Trinajstić information content (AvgIpc) is 2.48. The van der Waals surface area contributed by atoms with E-state index in [1.165, 1.54) is 0 Å². The van der Waals surface area contributed by atoms with Crippen LogP contribution < -0.4 is 16.0 Å². The number of carbonyl (C=O) groups excluding carboxylic acids is 1. The van der Waals surface area contributed by atoms with Crippen molar-refractivity contribution in [3.8, 4) is 0 Å². The maximum atomic E-state index is 11.8. The predicted molar refractivity (Wildman–Crippen MR) is 114 cm³/mol. The molecular weight excluding hydrogens is 455 g/mol. The number of benzene rings is 1. The van der Waals surface area contributed by atoms with Crippen LogP contribution in [0.3, 0.4) is 0 Å². The fourth-order valence-corrected chi connectivity index (χ4v) is 2.26. The number of aliphatic hydroxyl groups is 1. The molecule has 0 saturated carbocycles. The number of aliphatic hydroxyl groups excluding tert-OH is 1. The molecule has 8 heteroatoms. The fraction of sp³-hybridized carbons (Fsp3) is 0.529. The summed E-state index contributed by atoms with van der Waals surface area (Å²) in [6.45, 7) is 8.56. The molecule has 0 aliphatic heterocycles. The van der Waals surface area contributed by atoms with Crippen molar-refractivity contribution in [2.45, 2.75) is 39.3 Å². The fourth-order valence-electron chi connectivity index (χ4n) is 2.00. The van der Waals surface area contributed by atoms with Gasteiger partial charge in [0.1, 0.15) is 6.54 Å². The van der Waals surface area contributed by atoms with E-state index in [-0.39, 0.29) is 48.5 Å². The molecule has 0 bridgehead atoms. The Morgan fingerprint density at radius 3 is 2.48 bits per heavy atom. The number of nitrogens with zero attached hydrogens (tertiary/aromatic N) is 1. The third-order valence-electron chi connectivity index (χ3n) is 2.97. The largest absolute Gasteiger partial charge is 0.387 e. The van der Waals surface area contributed by atoms with E-state index in [1.807, 2.05) is 39.8 Å². The smallest absolute Gasteiger partial charge is 0.242 e. The molecule has 0 fully saturated rings. The van der Waals surface area contributed by atoms with Gasteiger partial charge in [-0.2, -0.15) is 0 Å². The van der Waals surface area contributed by atoms with E-state index in [1.54, 1.807) is 12.1 Å². The lowest BCUT2D eigenvalue weighted by Crippen LogP contribution is -2.43. The molecule has 0 aromatic heterocycles. The zero-order valence-electron chi connectivity index (χ0n) is 15.1. The van der Waals surface area contributed by atoms with Gasteiger partial charge in [-0.3, -0.25) is 4.79 Å². The Bertz CT molecular complexity index is 576. The number of hydrogen-bond donors (Lipinski definition) is 4. The minimum Gasteiger partial charge on any atom is -0.387 e. The zero-order chi connectivity index (χ0) is 18.2. The summed E-state index contributed by atoms with van der Waals surface area (Å²) in [6, 6.07) is 7.14. The van der Waals surface area contributed by atoms with Crippen molar-refractivity contribution in [2.24, 2.45) is 4.99 Å². The van der Waals surface area contributed by atoms with Crippen LogP contribution in [0.2, 0.25) is 5.02 Å². The summed E-state index contributed by atoms with van der Waals surface area (Å²) in [6.07, 6.45) is -0.772. The monoisotopic (exact) mass is 482 g/mol. The first-order valence-electron chi connectivity index (χ1n) is 7.98. The summed E-state index contributed by atoms with van der Waals surface area (Å²) in [5, 5.41) is 19.7. The lowest BCUT2D eigenvalue weighted by atomic mass is 10.1. The van der Waals surface area contributed by atoms with Gasteiger partial charge in [0.05, 0.1) is 6.10 Å². The van der Waals surface area contributed by atoms with Gasteiger partial charge < -0.3 is 21.1 Å². The second-order valence-electron chi connectivity index (χ2n) is 6.41. The van der Waals surface area contributed by atoms with E-state index in [0.29, 0.717) is 23.1 Å². The van der Waals surface area contributed by atoms with E-state index in [0.717, 1.165) is 0 Å². The number of carbonyl (C=O) groups is 1. The molecule has 0 heterocycles. The van der Waals surface area contributed by atoms with Crippen LogP contribution in [0.25, 0.3) is 0 Å². The van der Waals surface area contributed by atoms with Crippen molar-refractivity contribution in [2.75, 3.05) is 19.6 Å². The van der Waals surface area contributed by atoms with Gasteiger partial charge in [0.2, 0.25) is 5.91 Å². The number of halogens is 2. The van der Waals surface area contributed by atoms with E-state index < -0.39 is 6.10 Å². The molecule has 1 rings (SSSR count). The molecule has 1 unspecified atom stereocenters. The van der Waals surface area contributed by atoms with Crippen molar-refractivity contribution in [3.63, 3.8) is 0 Å². The normalized spacial score (nSPS) is 12.8. The minimum atomic E-state index is -0.772. The van der Waals surface area contributed by atoms with Crippen molar-refractivity contribution in [1.29, 1.82) is 0 Å². The Morgan fingerprint density at radius 2 is 1.92 bits per heavy atom. The first-order valence-corrected chi connectivity index (χ1v) is 8.36. The zero-order valence-corrected chi connectivity index (χ0v) is 18.2. The van der Waals surface area contributed by atoms with Gasteiger partial charge in [-0.25, -0.2) is 4.99 Å². The van der Waals surface area contributed by atoms with Gasteiger partial charge in [0.15, 0.2) is 5.96 Å². The van der Waals surface area contributed by atoms with Gasteiger partial charge in [-0.05, 0) is 33.8 Å². The van der Waals surface area contributed by atoms with Crippen LogP contribution in [-0.4, -0.2) is 42.1 Å². The molecule has 0 aliphatic carbocycles. The van der Waals surface area contributed by atoms with Crippen LogP contribution in [0.15, 0.2) is 29.3 Å². The Hall–Kier alpha value is -1.06. The van der Waals surface area contributed by atoms with Gasteiger partial charge in [-0.1, -0.05) is 29.8 Å². The third kappa shape index (κ3) is 9.86. The molecule has 4 N–H and O–H groups in total. The molecule has 1 aromatic rings. The van der Waals surface area contributed by atoms with Crippen LogP contribution in [0.5, 0.6) is 0 Å². The van der Waals surface area contributed by atoms with E-state index in [9.17, 15) is 9.90 Å². The average molecular weight is 483 g/mol. The van der Waals surface area contributed by atoms with Crippen molar-refractivity contribution >= 4 is 47.4 Å². The molecular formula is C17H28ClIN4O2. The van der Waals surface area contributed by atoms with E-state index in [2.05, 4.69) is 20.9 Å². The highest BCUT2D eigenvalue weighted by molar-refractivity contribution is 14.0. The Labute approximate surface area is 171 Å². The van der Waals surface area contributed by atoms with Crippen LogP contribution in [-0.2, 0) is 4.79 Å². The molecule has 1 amide bonds. The summed E-state index contributed by atoms with van der Waals surface area (Å²) < 4.78 is 0. The number of nitrogens with one attached hydrogen (secondary N) is 3. The quantitative estimate of drug-likeness (QED) is 0.285. The van der Waals surface area contributed by atoms with Crippen LogP contribution in [0, 0.1) is 0 Å². The summed E-state index contributed by atoms with van der Waals surface area (Å²) in [5.41, 5.74) is 0.353. The van der Waals surface area contributed by atoms with Crippen molar-refractivity contribution in [1.82, 2.24) is 16.0 Å². The van der Waals surface area contributed by atoms with Crippen LogP contribution >= 0.6 is 35.6 Å². The molecule has 1 atom stereocenters. The second kappa shape index (κ2) is 11.5. The van der Waals surface area contributed by atoms with Gasteiger partial charge in [-0.15, -0.1) is 24.0 Å². The Morgan fingerprint density at radius 1 is 1.28 bits per heavy atom. The standard InChI is InChI=1S/C17H27ClN4O2.HI/c1-5-19-16(21-11-15(24)22-17(2,3)4)20-10-14(23)12-8-6-7-9-13(12)18;/h6-9,14,23H,5,10-11H2,1-4H3,(H,22,24)(H2,19,20,21);1H. The van der Waals surface area contributed by atoms with Gasteiger partial charge in [0, 0.05) is 29.2 Å². The van der Waals surface area contributed by atoms with Gasteiger partial charge in [0.25, 0.3) is 0 Å². The molecule has 142 valence electrons. The first kappa shape index (κ1) is 23.9. The summed E-state index contributed by atoms with van der Waals surface area (Å²) >= 11 is 6.07. The molecule has 0 spiro atoms. The lowest BCUT2D eigenvalue weighted by Gasteiger charge is -2.20. The molecule has 6 nitrogen and oxygen atoms in total. The highest BCUT2D eigenvalue weighted by Crippen LogP contribution is 2.21. The number of amides is 1. The third-order valence-corrected chi connectivity index (χ3v) is 3.31. The van der Waals surface area contributed by atoms with Crippen molar-refractivity contribution in [3.05, 3.63) is 34.9 Å². The maximum Gasteiger partial charge on any atom is 0.242 e. The summed E-state index contributed by atoms with van der Waals surface area (Å²) in [4.78, 5) is 16.1. The van der Waals surface area contributed by atoms with Crippen LogP contribution in [0.1, 0.15) is 39.4 Å². The van der Waals surface area contributed by atoms with E-state index >= 15 is 0 Å². The first-order chi connectivity index (χ1) is 11.2. The number of rotatable bonds is 6. The Balaban J connectivity index is 0.00000576. The maximum absolute atomic E-state index is 11.8. The van der Waals surface area contributed by atoms with Gasteiger partial charge >= 0.3 is 0 Å². The number of aliphatic imine (C=N–C) groups is 1. The van der Waals surface area contributed by atoms with E-state index in [4.69, 9.17) is 11.6 Å². The molecule has 25 heavy (non-hydrogen) atoms. The lowest BCUT2D eigenvalue weighted by molar-refractivity contribution is -0.121. The predicted octanol–water partition coefficient (Wildman–Crippen LogP) is 2.46. The Kier molecular flexibility index (Phi) is 11.0. The molecule has 0 radical (unpaired) electrons. The summed E-state index contributed by atoms with van der Waals surface area (Å²) in [7, 11) is 0. The molecule has 0 aliphatic rings. The molecule has 1 aromatic carbocycles. The minimum absolute atomic E-state index is 0. The number of hydrogen-bond acceptors (Lipinski definition) is 3. The second-order valence-corrected chi connectivity index (χ2v) is 6.82. The SMILES string of the molecule is CCNC(=NCC(=O)NC(C)(C)C)NCC(O)c1ccccc1Cl.I. The highest BCUT2D eigenvalue weighted by Gasteiger charge is 2.14. The number of guanidine groups is 1. The molecule has 0 saturated heterocycles. The summed E-state index contributed by atoms with van der Waals surface area (Å²) in [5.74, 6) is 0.305. The highest BCUT2D eigenvalue weighted by atomic mass is 127. The van der Waals surface area contributed by atoms with Crippen LogP contribution in [0.4, 0.5) is 0 Å².